The second kappa shape index (κ2) is 6.15. The van der Waals surface area contributed by atoms with E-state index in [0.717, 1.165) is 18.2 Å². The number of benzene rings is 1. The molecule has 3 rings (SSSR count). The smallest absolute Gasteiger partial charge is 0.268 e. The van der Waals surface area contributed by atoms with E-state index >= 15 is 0 Å². The van der Waals surface area contributed by atoms with E-state index in [1.807, 2.05) is 6.92 Å². The normalized spacial score (nSPS) is 16.8. The van der Waals surface area contributed by atoms with E-state index in [4.69, 9.17) is 4.84 Å². The molecule has 0 saturated carbocycles. The monoisotopic (exact) mass is 320 g/mol. The highest BCUT2D eigenvalue weighted by Gasteiger charge is 2.30. The molecule has 0 aliphatic carbocycles. The molecule has 1 aromatic heterocycles. The van der Waals surface area contributed by atoms with Gasteiger partial charge in [0, 0.05) is 24.7 Å². The van der Waals surface area contributed by atoms with Gasteiger partial charge >= 0.3 is 0 Å². The van der Waals surface area contributed by atoms with Gasteiger partial charge in [-0.15, -0.1) is 0 Å². The first kappa shape index (κ1) is 15.1. The highest BCUT2D eigenvalue weighted by molar-refractivity contribution is 6.06. The third kappa shape index (κ3) is 3.20. The molecule has 2 heterocycles. The summed E-state index contributed by atoms with van der Waals surface area (Å²) in [6.07, 6.45) is 2.37. The number of hydrogen-bond donors (Lipinski definition) is 1. The SMILES string of the molecule is CCn1cc(NC(=O)C2CC(c3cc(F)ccc3F)=NO2)cn1. The third-order valence-corrected chi connectivity index (χ3v) is 3.43. The second-order valence-corrected chi connectivity index (χ2v) is 5.03. The molecule has 1 amide bonds. The Morgan fingerprint density at radius 1 is 1.48 bits per heavy atom. The molecule has 1 aromatic carbocycles. The van der Waals surface area contributed by atoms with Crippen molar-refractivity contribution in [3.63, 3.8) is 0 Å². The maximum absolute atomic E-state index is 13.7. The molecule has 0 bridgehead atoms. The van der Waals surface area contributed by atoms with Crippen molar-refractivity contribution >= 4 is 17.3 Å². The summed E-state index contributed by atoms with van der Waals surface area (Å²) in [5, 5.41) is 10.4. The summed E-state index contributed by atoms with van der Waals surface area (Å²) in [7, 11) is 0. The summed E-state index contributed by atoms with van der Waals surface area (Å²) >= 11 is 0. The standard InChI is InChI=1S/C15H14F2N4O2/c1-2-21-8-10(7-18-21)19-15(22)14-6-13(20-23-14)11-5-9(16)3-4-12(11)17/h3-5,7-8,14H,2,6H2,1H3,(H,19,22). The number of carbonyl (C=O) groups is 1. The van der Waals surface area contributed by atoms with Crippen LogP contribution in [0.1, 0.15) is 18.9 Å². The number of nitrogens with one attached hydrogen (secondary N) is 1. The van der Waals surface area contributed by atoms with Gasteiger partial charge in [0.2, 0.25) is 6.10 Å². The highest BCUT2D eigenvalue weighted by atomic mass is 19.1. The minimum atomic E-state index is -0.891. The van der Waals surface area contributed by atoms with Gasteiger partial charge in [0.05, 0.1) is 17.6 Å². The lowest BCUT2D eigenvalue weighted by atomic mass is 10.0. The number of carbonyl (C=O) groups excluding carboxylic acids is 1. The van der Waals surface area contributed by atoms with Crippen molar-refractivity contribution in [3.8, 4) is 0 Å². The number of hydrogen-bond acceptors (Lipinski definition) is 4. The van der Waals surface area contributed by atoms with Gasteiger partial charge in [-0.1, -0.05) is 5.16 Å². The Morgan fingerprint density at radius 2 is 2.30 bits per heavy atom. The van der Waals surface area contributed by atoms with Crippen LogP contribution in [0.15, 0.2) is 35.7 Å². The Bertz CT molecular complexity index is 773. The van der Waals surface area contributed by atoms with Gasteiger partial charge < -0.3 is 10.2 Å². The maximum Gasteiger partial charge on any atom is 0.268 e. The summed E-state index contributed by atoms with van der Waals surface area (Å²) in [5.74, 6) is -1.61. The van der Waals surface area contributed by atoms with Crippen molar-refractivity contribution in [1.82, 2.24) is 9.78 Å². The van der Waals surface area contributed by atoms with Gasteiger partial charge in [-0.25, -0.2) is 8.78 Å². The molecule has 8 heteroatoms. The largest absolute Gasteiger partial charge is 0.382 e. The first-order valence-corrected chi connectivity index (χ1v) is 7.08. The van der Waals surface area contributed by atoms with Crippen LogP contribution in [0.2, 0.25) is 0 Å². The number of rotatable bonds is 4. The molecule has 0 fully saturated rings. The molecule has 0 radical (unpaired) electrons. The van der Waals surface area contributed by atoms with Crippen molar-refractivity contribution in [2.24, 2.45) is 5.16 Å². The average Bonchev–Trinajstić information content (AvgIpc) is 3.18. The van der Waals surface area contributed by atoms with E-state index in [9.17, 15) is 13.6 Å². The van der Waals surface area contributed by atoms with Crippen LogP contribution in [0.5, 0.6) is 0 Å². The fourth-order valence-electron chi connectivity index (χ4n) is 2.22. The molecule has 2 aromatic rings. The Morgan fingerprint density at radius 3 is 3.04 bits per heavy atom. The Balaban J connectivity index is 1.66. The summed E-state index contributed by atoms with van der Waals surface area (Å²) in [4.78, 5) is 17.2. The number of aromatic nitrogens is 2. The van der Waals surface area contributed by atoms with Crippen molar-refractivity contribution in [3.05, 3.63) is 47.8 Å². The average molecular weight is 320 g/mol. The minimum absolute atomic E-state index is 0.000831. The molecule has 0 spiro atoms. The molecule has 6 nitrogen and oxygen atoms in total. The van der Waals surface area contributed by atoms with Gasteiger partial charge in [-0.2, -0.15) is 5.10 Å². The highest BCUT2D eigenvalue weighted by Crippen LogP contribution is 2.21. The van der Waals surface area contributed by atoms with Crippen LogP contribution in [-0.2, 0) is 16.2 Å². The van der Waals surface area contributed by atoms with E-state index in [2.05, 4.69) is 15.6 Å². The van der Waals surface area contributed by atoms with Crippen LogP contribution in [-0.4, -0.2) is 27.5 Å². The van der Waals surface area contributed by atoms with Gasteiger partial charge in [-0.05, 0) is 25.1 Å². The Hall–Kier alpha value is -2.77. The molecule has 23 heavy (non-hydrogen) atoms. The number of nitrogens with zero attached hydrogens (tertiary/aromatic N) is 3. The Kier molecular flexibility index (Phi) is 4.05. The predicted octanol–water partition coefficient (Wildman–Crippen LogP) is 2.31. The minimum Gasteiger partial charge on any atom is -0.382 e. The first-order chi connectivity index (χ1) is 11.1. The van der Waals surface area contributed by atoms with Crippen LogP contribution < -0.4 is 5.32 Å². The number of halogens is 2. The topological polar surface area (TPSA) is 68.5 Å². The van der Waals surface area contributed by atoms with Crippen molar-refractivity contribution < 1.29 is 18.4 Å². The summed E-state index contributed by atoms with van der Waals surface area (Å²) in [6, 6.07) is 3.06. The molecule has 0 saturated heterocycles. The maximum atomic E-state index is 13.7. The Labute approximate surface area is 130 Å². The van der Waals surface area contributed by atoms with Gasteiger partial charge in [0.1, 0.15) is 11.6 Å². The number of amides is 1. The van der Waals surface area contributed by atoms with Crippen LogP contribution in [0.3, 0.4) is 0 Å². The van der Waals surface area contributed by atoms with E-state index < -0.39 is 23.6 Å². The van der Waals surface area contributed by atoms with Crippen LogP contribution in [0, 0.1) is 11.6 Å². The van der Waals surface area contributed by atoms with Crippen molar-refractivity contribution in [2.45, 2.75) is 26.0 Å². The lowest BCUT2D eigenvalue weighted by molar-refractivity contribution is -0.125. The number of anilines is 1. The zero-order valence-electron chi connectivity index (χ0n) is 12.3. The van der Waals surface area contributed by atoms with Crippen molar-refractivity contribution in [1.29, 1.82) is 0 Å². The lowest BCUT2D eigenvalue weighted by Crippen LogP contribution is -2.28. The molecule has 1 aliphatic rings. The van der Waals surface area contributed by atoms with E-state index in [1.165, 1.54) is 6.20 Å². The van der Waals surface area contributed by atoms with E-state index in [1.54, 1.807) is 10.9 Å². The number of aryl methyl sites for hydroxylation is 1. The second-order valence-electron chi connectivity index (χ2n) is 5.03. The fraction of sp³-hybridized carbons (Fsp3) is 0.267. The summed E-state index contributed by atoms with van der Waals surface area (Å²) < 4.78 is 28.6. The fourth-order valence-corrected chi connectivity index (χ4v) is 2.22. The van der Waals surface area contributed by atoms with Crippen LogP contribution in [0.25, 0.3) is 0 Å². The summed E-state index contributed by atoms with van der Waals surface area (Å²) in [5.41, 5.74) is 0.733. The molecule has 1 unspecified atom stereocenters. The first-order valence-electron chi connectivity index (χ1n) is 7.08. The van der Waals surface area contributed by atoms with Gasteiger partial charge in [0.25, 0.3) is 5.91 Å². The van der Waals surface area contributed by atoms with Crippen LogP contribution >= 0.6 is 0 Å². The molecular weight excluding hydrogens is 306 g/mol. The quantitative estimate of drug-likeness (QED) is 0.940. The summed E-state index contributed by atoms with van der Waals surface area (Å²) in [6.45, 7) is 2.61. The third-order valence-electron chi connectivity index (χ3n) is 3.43. The molecule has 120 valence electrons. The van der Waals surface area contributed by atoms with Crippen LogP contribution in [0.4, 0.5) is 14.5 Å². The molecular formula is C15H14F2N4O2. The zero-order chi connectivity index (χ0) is 16.4. The molecule has 1 aliphatic heterocycles. The molecule has 1 atom stereocenters. The van der Waals surface area contributed by atoms with Gasteiger partial charge in [0.15, 0.2) is 0 Å². The molecule has 1 N–H and O–H groups in total. The van der Waals surface area contributed by atoms with E-state index in [0.29, 0.717) is 12.2 Å². The van der Waals surface area contributed by atoms with Crippen molar-refractivity contribution in [2.75, 3.05) is 5.32 Å². The van der Waals surface area contributed by atoms with E-state index in [-0.39, 0.29) is 17.7 Å². The lowest BCUT2D eigenvalue weighted by Gasteiger charge is -2.07. The predicted molar refractivity (Wildman–Crippen MR) is 78.9 cm³/mol. The number of oxime groups is 1. The zero-order valence-corrected chi connectivity index (χ0v) is 12.3. The van der Waals surface area contributed by atoms with Gasteiger partial charge in [-0.3, -0.25) is 9.48 Å².